The second-order valence-corrected chi connectivity index (χ2v) is 7.88. The van der Waals surface area contributed by atoms with Gasteiger partial charge in [0, 0.05) is 17.5 Å². The highest BCUT2D eigenvalue weighted by atomic mass is 16.5. The van der Waals surface area contributed by atoms with Gasteiger partial charge in [-0.1, -0.05) is 51.1 Å². The first-order chi connectivity index (χ1) is 13.3. The molecule has 0 saturated carbocycles. The molecule has 0 amide bonds. The van der Waals surface area contributed by atoms with E-state index in [2.05, 4.69) is 31.8 Å². The maximum absolute atomic E-state index is 12.9. The zero-order chi connectivity index (χ0) is 20.3. The van der Waals surface area contributed by atoms with E-state index in [0.717, 1.165) is 22.4 Å². The molecule has 2 heterocycles. The summed E-state index contributed by atoms with van der Waals surface area (Å²) in [6.07, 6.45) is 1.81. The highest BCUT2D eigenvalue weighted by molar-refractivity contribution is 5.87. The van der Waals surface area contributed by atoms with Crippen LogP contribution in [0.5, 0.6) is 0 Å². The van der Waals surface area contributed by atoms with Gasteiger partial charge in [-0.25, -0.2) is 4.79 Å². The molecule has 2 aromatic heterocycles. The Balaban J connectivity index is 2.34. The molecule has 0 saturated heterocycles. The molecule has 4 nitrogen and oxygen atoms in total. The van der Waals surface area contributed by atoms with Gasteiger partial charge in [0.05, 0.1) is 6.61 Å². The van der Waals surface area contributed by atoms with Crippen molar-refractivity contribution in [1.29, 1.82) is 0 Å². The van der Waals surface area contributed by atoms with Crippen LogP contribution in [-0.4, -0.2) is 17.6 Å². The van der Waals surface area contributed by atoms with E-state index in [9.17, 15) is 4.79 Å². The molecule has 0 aliphatic carbocycles. The Morgan fingerprint density at radius 3 is 2.32 bits per heavy atom. The molecule has 0 radical (unpaired) electrons. The van der Waals surface area contributed by atoms with Crippen LogP contribution < -0.4 is 4.57 Å². The second-order valence-electron chi connectivity index (χ2n) is 7.88. The Morgan fingerprint density at radius 2 is 1.75 bits per heavy atom. The topological polar surface area (TPSA) is 43.1 Å². The molecule has 0 atom stereocenters. The summed E-state index contributed by atoms with van der Waals surface area (Å²) in [6, 6.07) is 18.1. The molecule has 0 aliphatic rings. The number of aryl methyl sites for hydroxylation is 1. The van der Waals surface area contributed by atoms with Crippen molar-refractivity contribution in [3.63, 3.8) is 0 Å². The highest BCUT2D eigenvalue weighted by Crippen LogP contribution is 2.27. The van der Waals surface area contributed by atoms with Crippen LogP contribution in [0.15, 0.2) is 60.8 Å². The lowest BCUT2D eigenvalue weighted by Gasteiger charge is -2.22. The molecule has 144 valence electrons. The summed E-state index contributed by atoms with van der Waals surface area (Å²) in [5, 5.41) is 0. The Morgan fingerprint density at radius 1 is 1.04 bits per heavy atom. The standard InChI is InChI=1S/C24H27N2O2/c1-6-28-23(27)20-14-19(18-10-8-7-9-11-18)15-21(24(3,4)5)26(20)22-13-12-17(2)16-25-22/h7-16H,6H2,1-5H3/q+1. The molecule has 3 aromatic rings. The quantitative estimate of drug-likeness (QED) is 0.486. The van der Waals surface area contributed by atoms with E-state index in [1.807, 2.05) is 73.1 Å². The normalized spacial score (nSPS) is 11.3. The number of ether oxygens (including phenoxy) is 1. The summed E-state index contributed by atoms with van der Waals surface area (Å²) < 4.78 is 7.31. The van der Waals surface area contributed by atoms with E-state index in [4.69, 9.17) is 4.74 Å². The third-order valence-electron chi connectivity index (χ3n) is 4.55. The Hall–Kier alpha value is -3.01. The monoisotopic (exact) mass is 375 g/mol. The van der Waals surface area contributed by atoms with Crippen molar-refractivity contribution in [3.05, 3.63) is 77.7 Å². The van der Waals surface area contributed by atoms with Gasteiger partial charge in [-0.2, -0.15) is 4.57 Å². The summed E-state index contributed by atoms with van der Waals surface area (Å²) in [4.78, 5) is 17.5. The van der Waals surface area contributed by atoms with Crippen LogP contribution in [0.1, 0.15) is 49.4 Å². The minimum absolute atomic E-state index is 0.210. The summed E-state index contributed by atoms with van der Waals surface area (Å²) in [6.45, 7) is 10.5. The van der Waals surface area contributed by atoms with E-state index in [1.165, 1.54) is 0 Å². The maximum Gasteiger partial charge on any atom is 0.378 e. The molecular formula is C24H27N2O2+. The fourth-order valence-corrected chi connectivity index (χ4v) is 3.14. The van der Waals surface area contributed by atoms with Crippen molar-refractivity contribution in [3.8, 4) is 16.9 Å². The zero-order valence-electron chi connectivity index (χ0n) is 17.2. The van der Waals surface area contributed by atoms with Crippen molar-refractivity contribution in [2.45, 2.75) is 40.0 Å². The molecule has 1 aromatic carbocycles. The average Bonchev–Trinajstić information content (AvgIpc) is 2.68. The SMILES string of the molecule is CCOC(=O)c1cc(-c2ccccc2)cc(C(C)(C)C)[n+]1-c1ccc(C)cn1. The van der Waals surface area contributed by atoms with Gasteiger partial charge in [-0.3, -0.25) is 0 Å². The van der Waals surface area contributed by atoms with Gasteiger partial charge in [0.15, 0.2) is 0 Å². The van der Waals surface area contributed by atoms with Crippen LogP contribution >= 0.6 is 0 Å². The van der Waals surface area contributed by atoms with E-state index < -0.39 is 0 Å². The van der Waals surface area contributed by atoms with E-state index >= 15 is 0 Å². The van der Waals surface area contributed by atoms with Crippen molar-refractivity contribution in [1.82, 2.24) is 4.98 Å². The predicted molar refractivity (Wildman–Crippen MR) is 111 cm³/mol. The minimum atomic E-state index is -0.354. The number of esters is 1. The third-order valence-corrected chi connectivity index (χ3v) is 4.55. The first-order valence-electron chi connectivity index (χ1n) is 9.57. The number of rotatable bonds is 4. The van der Waals surface area contributed by atoms with Crippen LogP contribution in [0.25, 0.3) is 16.9 Å². The summed E-state index contributed by atoms with van der Waals surface area (Å²) in [7, 11) is 0. The van der Waals surface area contributed by atoms with Crippen LogP contribution in [0.3, 0.4) is 0 Å². The van der Waals surface area contributed by atoms with Gasteiger partial charge in [-0.15, -0.1) is 0 Å². The van der Waals surface area contributed by atoms with Crippen LogP contribution in [-0.2, 0) is 10.2 Å². The van der Waals surface area contributed by atoms with Crippen LogP contribution in [0, 0.1) is 6.92 Å². The van der Waals surface area contributed by atoms with Crippen molar-refractivity contribution >= 4 is 5.97 Å². The van der Waals surface area contributed by atoms with Gasteiger partial charge in [0.1, 0.15) is 11.9 Å². The number of benzene rings is 1. The van der Waals surface area contributed by atoms with E-state index in [0.29, 0.717) is 18.1 Å². The van der Waals surface area contributed by atoms with E-state index in [-0.39, 0.29) is 11.4 Å². The van der Waals surface area contributed by atoms with Gasteiger partial charge >= 0.3 is 11.8 Å². The average molecular weight is 375 g/mol. The van der Waals surface area contributed by atoms with Gasteiger partial charge < -0.3 is 4.74 Å². The van der Waals surface area contributed by atoms with Crippen LogP contribution in [0.4, 0.5) is 0 Å². The molecule has 3 rings (SSSR count). The lowest BCUT2D eigenvalue weighted by Crippen LogP contribution is -2.47. The number of hydrogen-bond acceptors (Lipinski definition) is 3. The first-order valence-corrected chi connectivity index (χ1v) is 9.57. The zero-order valence-corrected chi connectivity index (χ0v) is 17.2. The smallest absolute Gasteiger partial charge is 0.378 e. The number of carbonyl (C=O) groups is 1. The molecule has 0 N–H and O–H groups in total. The summed E-state index contributed by atoms with van der Waals surface area (Å²) in [5.41, 5.74) is 4.37. The van der Waals surface area contributed by atoms with Gasteiger partial charge in [0.25, 0.3) is 0 Å². The second kappa shape index (κ2) is 7.93. The van der Waals surface area contributed by atoms with Gasteiger partial charge in [-0.05, 0) is 47.7 Å². The lowest BCUT2D eigenvalue weighted by molar-refractivity contribution is -0.615. The van der Waals surface area contributed by atoms with Gasteiger partial charge in [0.2, 0.25) is 5.69 Å². The first kappa shape index (κ1) is 19.7. The Bertz CT molecular complexity index is 972. The van der Waals surface area contributed by atoms with Crippen molar-refractivity contribution in [2.24, 2.45) is 0 Å². The molecule has 0 unspecified atom stereocenters. The highest BCUT2D eigenvalue weighted by Gasteiger charge is 2.31. The third kappa shape index (κ3) is 4.11. The number of nitrogens with zero attached hydrogens (tertiary/aromatic N) is 2. The fraction of sp³-hybridized carbons (Fsp3) is 0.292. The number of carbonyl (C=O) groups excluding carboxylic acids is 1. The Labute approximate surface area is 166 Å². The molecule has 28 heavy (non-hydrogen) atoms. The molecule has 0 fully saturated rings. The number of aromatic nitrogens is 2. The molecule has 0 aliphatic heterocycles. The van der Waals surface area contributed by atoms with E-state index in [1.54, 1.807) is 0 Å². The molecular weight excluding hydrogens is 348 g/mol. The van der Waals surface area contributed by atoms with Crippen molar-refractivity contribution in [2.75, 3.05) is 6.61 Å². The summed E-state index contributed by atoms with van der Waals surface area (Å²) in [5.74, 6) is 0.353. The maximum atomic E-state index is 12.9. The van der Waals surface area contributed by atoms with Crippen molar-refractivity contribution < 1.29 is 14.1 Å². The number of pyridine rings is 2. The van der Waals surface area contributed by atoms with Crippen LogP contribution in [0.2, 0.25) is 0 Å². The number of hydrogen-bond donors (Lipinski definition) is 0. The molecule has 0 spiro atoms. The Kier molecular flexibility index (Phi) is 5.59. The minimum Gasteiger partial charge on any atom is -0.460 e. The predicted octanol–water partition coefficient (Wildman–Crippen LogP) is 4.81. The molecule has 0 bridgehead atoms. The fourth-order valence-electron chi connectivity index (χ4n) is 3.14. The summed E-state index contributed by atoms with van der Waals surface area (Å²) >= 11 is 0. The largest absolute Gasteiger partial charge is 0.460 e. The molecule has 4 heteroatoms. The lowest BCUT2D eigenvalue weighted by atomic mass is 9.88.